The smallest absolute Gasteiger partial charge is 0.0683 e. The van der Waals surface area contributed by atoms with Crippen molar-refractivity contribution in [2.24, 2.45) is 0 Å². The average molecular weight is 507 g/mol. The maximum Gasteiger partial charge on any atom is 0.241 e. The third kappa shape index (κ3) is 3.58. The van der Waals surface area contributed by atoms with Crippen LogP contribution in [0.3, 0.4) is 0 Å². The van der Waals surface area contributed by atoms with Gasteiger partial charge in [0.1, 0.15) is 0 Å². The summed E-state index contributed by atoms with van der Waals surface area (Å²) in [5, 5.41) is 6.07. The Hall–Kier alpha value is -3.62. The summed E-state index contributed by atoms with van der Waals surface area (Å²) in [7, 11) is -2.61. The quantitative estimate of drug-likeness (QED) is 0.321. The van der Waals surface area contributed by atoms with Crippen LogP contribution in [0.4, 0.5) is 0 Å². The second-order valence-electron chi connectivity index (χ2n) is 11.3. The molecule has 0 N–H and O–H groups in total. The molecule has 0 radical (unpaired) electrons. The fraction of sp³-hybridized carbons (Fsp3) is 0.167. The van der Waals surface area contributed by atoms with Crippen LogP contribution in [-0.4, -0.2) is 14.8 Å². The Balaban J connectivity index is 1.82. The molecule has 186 valence electrons. The molecule has 0 bridgehead atoms. The first-order chi connectivity index (χ1) is 18.3. The highest BCUT2D eigenvalue weighted by molar-refractivity contribution is 7.26. The predicted octanol–water partition coefficient (Wildman–Crippen LogP) is 3.74. The molecule has 0 fully saturated rings. The lowest BCUT2D eigenvalue weighted by atomic mass is 9.35. The SMILES string of the molecule is Cc1cc(C)c(B2c3ccccc3[Si](c3ccccc3)(c3c(C)cc(C)cc3C)c3ccccc32)c(C)c1. The van der Waals surface area contributed by atoms with E-state index in [1.807, 2.05) is 0 Å². The monoisotopic (exact) mass is 506 g/mol. The van der Waals surface area contributed by atoms with Gasteiger partial charge >= 0.3 is 0 Å². The van der Waals surface area contributed by atoms with Crippen LogP contribution in [0.5, 0.6) is 0 Å². The van der Waals surface area contributed by atoms with Crippen LogP contribution in [0.15, 0.2) is 103 Å². The van der Waals surface area contributed by atoms with Crippen molar-refractivity contribution in [1.29, 1.82) is 0 Å². The zero-order valence-corrected chi connectivity index (χ0v) is 24.4. The molecule has 0 nitrogen and oxygen atoms in total. The van der Waals surface area contributed by atoms with E-state index in [4.69, 9.17) is 0 Å². The molecule has 0 unspecified atom stereocenters. The van der Waals surface area contributed by atoms with Gasteiger partial charge in [0.2, 0.25) is 6.71 Å². The summed E-state index contributed by atoms with van der Waals surface area (Å²) >= 11 is 0. The molecule has 0 saturated carbocycles. The second-order valence-corrected chi connectivity index (χ2v) is 15.0. The Morgan fingerprint density at radius 3 is 1.39 bits per heavy atom. The maximum atomic E-state index is 2.45. The number of hydrogen-bond acceptors (Lipinski definition) is 0. The standard InChI is InChI=1S/C36H35BSi/c1-24-20-26(3)35(27(4)21-24)37-31-16-10-12-18-33(31)38(30-14-8-7-9-15-30,34-19-13-11-17-32(34)37)36-28(5)22-25(2)23-29(36)6/h7-23H,1-6H3. The van der Waals surface area contributed by atoms with Gasteiger partial charge in [0.05, 0.1) is 0 Å². The molecule has 0 spiro atoms. The first kappa shape index (κ1) is 24.7. The minimum Gasteiger partial charge on any atom is -0.0683 e. The van der Waals surface area contributed by atoms with E-state index in [0.717, 1.165) is 0 Å². The molecule has 0 saturated heterocycles. The highest BCUT2D eigenvalue weighted by Crippen LogP contribution is 2.18. The minimum absolute atomic E-state index is 0.221. The summed E-state index contributed by atoms with van der Waals surface area (Å²) in [5.41, 5.74) is 12.6. The topological polar surface area (TPSA) is 0 Å². The van der Waals surface area contributed by atoms with Crippen molar-refractivity contribution >= 4 is 51.9 Å². The fourth-order valence-electron chi connectivity index (χ4n) is 7.63. The molecule has 1 aliphatic heterocycles. The van der Waals surface area contributed by atoms with Crippen LogP contribution in [0.2, 0.25) is 0 Å². The van der Waals surface area contributed by atoms with Gasteiger partial charge in [0.15, 0.2) is 8.07 Å². The molecule has 2 heteroatoms. The molecule has 0 amide bonds. The Kier molecular flexibility index (Phi) is 6.04. The Morgan fingerprint density at radius 1 is 0.474 bits per heavy atom. The van der Waals surface area contributed by atoms with Gasteiger partial charge in [-0.25, -0.2) is 0 Å². The Morgan fingerprint density at radius 2 is 0.895 bits per heavy atom. The van der Waals surface area contributed by atoms with E-state index in [1.54, 1.807) is 5.19 Å². The molecule has 0 atom stereocenters. The minimum atomic E-state index is -2.61. The van der Waals surface area contributed by atoms with Crippen LogP contribution in [0.25, 0.3) is 0 Å². The molecule has 0 aromatic heterocycles. The van der Waals surface area contributed by atoms with Gasteiger partial charge in [-0.15, -0.1) is 0 Å². The normalized spacial score (nSPS) is 13.7. The van der Waals surface area contributed by atoms with Crippen molar-refractivity contribution in [2.45, 2.75) is 41.5 Å². The van der Waals surface area contributed by atoms with Gasteiger partial charge in [-0.1, -0.05) is 153 Å². The van der Waals surface area contributed by atoms with Gasteiger partial charge < -0.3 is 0 Å². The second kappa shape index (κ2) is 9.29. The van der Waals surface area contributed by atoms with E-state index in [2.05, 4.69) is 145 Å². The van der Waals surface area contributed by atoms with E-state index in [-0.39, 0.29) is 6.71 Å². The van der Waals surface area contributed by atoms with E-state index in [9.17, 15) is 0 Å². The predicted molar refractivity (Wildman–Crippen MR) is 170 cm³/mol. The lowest BCUT2D eigenvalue weighted by Gasteiger charge is -2.44. The van der Waals surface area contributed by atoms with Gasteiger partial charge in [0.25, 0.3) is 0 Å². The van der Waals surface area contributed by atoms with Crippen LogP contribution in [-0.2, 0) is 0 Å². The number of aryl methyl sites for hydroxylation is 6. The lowest BCUT2D eigenvalue weighted by Crippen LogP contribution is -2.87. The first-order valence-electron chi connectivity index (χ1n) is 13.7. The molecule has 1 heterocycles. The first-order valence-corrected chi connectivity index (χ1v) is 15.7. The molecule has 38 heavy (non-hydrogen) atoms. The van der Waals surface area contributed by atoms with Crippen molar-refractivity contribution in [3.8, 4) is 0 Å². The Labute approximate surface area is 229 Å². The summed E-state index contributed by atoms with van der Waals surface area (Å²) in [5.74, 6) is 0. The van der Waals surface area contributed by atoms with E-state index in [1.165, 1.54) is 65.3 Å². The summed E-state index contributed by atoms with van der Waals surface area (Å²) in [4.78, 5) is 0. The van der Waals surface area contributed by atoms with Crippen LogP contribution >= 0.6 is 0 Å². The van der Waals surface area contributed by atoms with E-state index < -0.39 is 8.07 Å². The fourth-order valence-corrected chi connectivity index (χ4v) is 13.4. The van der Waals surface area contributed by atoms with Crippen molar-refractivity contribution < 1.29 is 0 Å². The van der Waals surface area contributed by atoms with Gasteiger partial charge in [-0.05, 0) is 62.3 Å². The lowest BCUT2D eigenvalue weighted by molar-refractivity contribution is 1.35. The number of fused-ring (bicyclic) bond motifs is 2. The van der Waals surface area contributed by atoms with E-state index >= 15 is 0 Å². The molecular weight excluding hydrogens is 471 g/mol. The summed E-state index contributed by atoms with van der Waals surface area (Å²) in [6.07, 6.45) is 0. The zero-order valence-electron chi connectivity index (χ0n) is 23.4. The number of benzene rings is 5. The van der Waals surface area contributed by atoms with Crippen molar-refractivity contribution in [3.63, 3.8) is 0 Å². The third-order valence-corrected chi connectivity index (χ3v) is 13.9. The summed E-state index contributed by atoms with van der Waals surface area (Å²) in [6, 6.07) is 39.7. The molecule has 0 aliphatic carbocycles. The third-order valence-electron chi connectivity index (χ3n) is 8.64. The highest BCUT2D eigenvalue weighted by atomic mass is 28.3. The molecule has 5 aromatic rings. The highest BCUT2D eigenvalue weighted by Gasteiger charge is 2.51. The Bertz CT molecular complexity index is 1590. The zero-order chi connectivity index (χ0) is 26.6. The molecule has 5 aromatic carbocycles. The van der Waals surface area contributed by atoms with Crippen LogP contribution in [0, 0.1) is 41.5 Å². The van der Waals surface area contributed by atoms with E-state index in [0.29, 0.717) is 0 Å². The van der Waals surface area contributed by atoms with Crippen molar-refractivity contribution in [1.82, 2.24) is 0 Å². The summed E-state index contributed by atoms with van der Waals surface area (Å²) in [6.45, 7) is 13.9. The van der Waals surface area contributed by atoms with Gasteiger partial charge in [-0.3, -0.25) is 0 Å². The maximum absolute atomic E-state index is 2.61. The van der Waals surface area contributed by atoms with Crippen molar-refractivity contribution in [2.75, 3.05) is 0 Å². The van der Waals surface area contributed by atoms with Gasteiger partial charge in [0, 0.05) is 0 Å². The molecule has 6 rings (SSSR count). The number of rotatable bonds is 3. The summed E-state index contributed by atoms with van der Waals surface area (Å²) < 4.78 is 0. The number of hydrogen-bond donors (Lipinski definition) is 0. The van der Waals surface area contributed by atoms with Crippen LogP contribution in [0.1, 0.15) is 33.4 Å². The molecular formula is C36H35BSi. The van der Waals surface area contributed by atoms with Gasteiger partial charge in [-0.2, -0.15) is 0 Å². The van der Waals surface area contributed by atoms with Crippen LogP contribution < -0.4 is 37.1 Å². The molecule has 1 aliphatic rings. The van der Waals surface area contributed by atoms with Crippen molar-refractivity contribution in [3.05, 3.63) is 137 Å². The largest absolute Gasteiger partial charge is 0.241 e. The average Bonchev–Trinajstić information content (AvgIpc) is 2.89.